The summed E-state index contributed by atoms with van der Waals surface area (Å²) >= 11 is 5.90. The zero-order valence-corrected chi connectivity index (χ0v) is 18.1. The number of rotatable bonds is 8. The molecule has 0 fully saturated rings. The Kier molecular flexibility index (Phi) is 8.17. The van der Waals surface area contributed by atoms with Crippen LogP contribution in [0.15, 0.2) is 84.0 Å². The van der Waals surface area contributed by atoms with Gasteiger partial charge >= 0.3 is 5.97 Å². The Morgan fingerprint density at radius 1 is 0.969 bits per heavy atom. The first-order valence-corrected chi connectivity index (χ1v) is 10.2. The van der Waals surface area contributed by atoms with Gasteiger partial charge in [0.25, 0.3) is 5.91 Å². The molecule has 0 aliphatic rings. The van der Waals surface area contributed by atoms with E-state index in [9.17, 15) is 9.59 Å². The average Bonchev–Trinajstić information content (AvgIpc) is 2.80. The van der Waals surface area contributed by atoms with Crippen molar-refractivity contribution in [1.29, 1.82) is 0 Å². The molecule has 0 saturated heterocycles. The predicted octanol–water partition coefficient (Wildman–Crippen LogP) is 5.12. The molecule has 0 heterocycles. The first-order chi connectivity index (χ1) is 15.5. The molecule has 0 spiro atoms. The van der Waals surface area contributed by atoms with Crippen molar-refractivity contribution in [3.8, 4) is 11.5 Å². The Morgan fingerprint density at radius 2 is 1.78 bits per heavy atom. The average molecular weight is 449 g/mol. The number of nitrogens with one attached hydrogen (secondary N) is 1. The van der Waals surface area contributed by atoms with Crippen LogP contribution in [0.1, 0.15) is 28.4 Å². The number of benzene rings is 3. The van der Waals surface area contributed by atoms with E-state index < -0.39 is 5.97 Å². The Labute approximate surface area is 191 Å². The summed E-state index contributed by atoms with van der Waals surface area (Å²) in [5.41, 5.74) is 4.38. The largest absolute Gasteiger partial charge is 0.490 e. The summed E-state index contributed by atoms with van der Waals surface area (Å²) in [5, 5.41) is 4.42. The predicted molar refractivity (Wildman–Crippen MR) is 125 cm³/mol. The fourth-order valence-electron chi connectivity index (χ4n) is 2.69. The Balaban J connectivity index is 1.65. The van der Waals surface area contributed by atoms with E-state index >= 15 is 0 Å². The van der Waals surface area contributed by atoms with Gasteiger partial charge in [-0.2, -0.15) is 5.10 Å². The van der Waals surface area contributed by atoms with E-state index in [2.05, 4.69) is 10.5 Å². The molecular formula is C25H21ClN2O4. The first-order valence-electron chi connectivity index (χ1n) is 9.86. The van der Waals surface area contributed by atoms with Gasteiger partial charge in [-0.1, -0.05) is 48.0 Å². The minimum atomic E-state index is -0.523. The van der Waals surface area contributed by atoms with Crippen molar-refractivity contribution < 1.29 is 19.1 Å². The number of carbonyl (C=O) groups is 2. The van der Waals surface area contributed by atoms with Crippen LogP contribution in [0.5, 0.6) is 11.5 Å². The van der Waals surface area contributed by atoms with Crippen molar-refractivity contribution in [2.45, 2.75) is 6.92 Å². The maximum absolute atomic E-state index is 12.2. The van der Waals surface area contributed by atoms with E-state index in [1.807, 2.05) is 37.3 Å². The summed E-state index contributed by atoms with van der Waals surface area (Å²) in [6.45, 7) is 2.21. The monoisotopic (exact) mass is 448 g/mol. The Bertz CT molecular complexity index is 1140. The van der Waals surface area contributed by atoms with E-state index in [1.54, 1.807) is 48.5 Å². The summed E-state index contributed by atoms with van der Waals surface area (Å²) in [5.74, 6) is -0.233. The molecule has 32 heavy (non-hydrogen) atoms. The zero-order chi connectivity index (χ0) is 22.8. The van der Waals surface area contributed by atoms with Crippen LogP contribution in [0, 0.1) is 0 Å². The van der Waals surface area contributed by atoms with E-state index in [4.69, 9.17) is 21.1 Å². The van der Waals surface area contributed by atoms with Crippen molar-refractivity contribution in [3.05, 3.63) is 101 Å². The van der Waals surface area contributed by atoms with Crippen LogP contribution in [0.3, 0.4) is 0 Å². The van der Waals surface area contributed by atoms with Gasteiger partial charge in [0.15, 0.2) is 11.5 Å². The highest BCUT2D eigenvalue weighted by Crippen LogP contribution is 2.28. The van der Waals surface area contributed by atoms with Gasteiger partial charge in [-0.25, -0.2) is 10.2 Å². The third kappa shape index (κ3) is 6.82. The molecule has 0 bridgehead atoms. The summed E-state index contributed by atoms with van der Waals surface area (Å²) in [6.07, 6.45) is 4.49. The van der Waals surface area contributed by atoms with Crippen LogP contribution in [0.2, 0.25) is 5.02 Å². The molecule has 0 radical (unpaired) electrons. The van der Waals surface area contributed by atoms with Gasteiger partial charge in [0.05, 0.1) is 12.8 Å². The highest BCUT2D eigenvalue weighted by Gasteiger charge is 2.10. The van der Waals surface area contributed by atoms with Crippen LogP contribution in [0.4, 0.5) is 0 Å². The molecule has 3 aromatic carbocycles. The molecule has 6 nitrogen and oxygen atoms in total. The number of nitrogens with zero attached hydrogens (tertiary/aromatic N) is 1. The maximum atomic E-state index is 12.2. The Hall–Kier alpha value is -3.90. The third-order valence-electron chi connectivity index (χ3n) is 4.16. The number of halogens is 1. The summed E-state index contributed by atoms with van der Waals surface area (Å²) in [7, 11) is 0. The molecule has 162 valence electrons. The smallest absolute Gasteiger partial charge is 0.336 e. The number of hydrogen-bond donors (Lipinski definition) is 1. The van der Waals surface area contributed by atoms with Crippen molar-refractivity contribution in [1.82, 2.24) is 5.43 Å². The van der Waals surface area contributed by atoms with Crippen molar-refractivity contribution in [3.63, 3.8) is 0 Å². The van der Waals surface area contributed by atoms with Gasteiger partial charge in [-0.15, -0.1) is 0 Å². The van der Waals surface area contributed by atoms with E-state index in [-0.39, 0.29) is 11.7 Å². The van der Waals surface area contributed by atoms with Crippen LogP contribution in [-0.2, 0) is 4.79 Å². The molecular weight excluding hydrogens is 428 g/mol. The third-order valence-corrected chi connectivity index (χ3v) is 4.39. The maximum Gasteiger partial charge on any atom is 0.336 e. The van der Waals surface area contributed by atoms with Crippen LogP contribution in [0.25, 0.3) is 6.08 Å². The number of amides is 1. The highest BCUT2D eigenvalue weighted by atomic mass is 35.5. The molecule has 3 rings (SSSR count). The molecule has 0 unspecified atom stereocenters. The van der Waals surface area contributed by atoms with Gasteiger partial charge in [-0.3, -0.25) is 4.79 Å². The van der Waals surface area contributed by atoms with Crippen LogP contribution < -0.4 is 14.9 Å². The number of ether oxygens (including phenoxy) is 2. The molecule has 7 heteroatoms. The second-order valence-electron chi connectivity index (χ2n) is 6.51. The molecule has 0 aliphatic heterocycles. The van der Waals surface area contributed by atoms with Crippen molar-refractivity contribution >= 4 is 35.8 Å². The number of esters is 1. The highest BCUT2D eigenvalue weighted by molar-refractivity contribution is 6.30. The summed E-state index contributed by atoms with van der Waals surface area (Å²) in [4.78, 5) is 24.3. The first kappa shape index (κ1) is 22.8. The molecule has 3 aromatic rings. The standard InChI is InChI=1S/C25H21ClN2O4/c1-2-31-23-15-19(17-27-28-25(30)20-9-6-10-21(26)16-20)11-13-22(23)32-24(29)14-12-18-7-4-3-5-8-18/h3-17H,2H2,1H3,(H,28,30)/b14-12+,27-17+. The minimum Gasteiger partial charge on any atom is -0.490 e. The molecule has 0 saturated carbocycles. The van der Waals surface area contributed by atoms with Crippen molar-refractivity contribution in [2.75, 3.05) is 6.61 Å². The fraction of sp³-hybridized carbons (Fsp3) is 0.0800. The zero-order valence-electron chi connectivity index (χ0n) is 17.3. The van der Waals surface area contributed by atoms with E-state index in [0.717, 1.165) is 5.56 Å². The minimum absolute atomic E-state index is 0.287. The summed E-state index contributed by atoms with van der Waals surface area (Å²) in [6, 6.07) is 21.0. The number of hydrogen-bond acceptors (Lipinski definition) is 5. The SMILES string of the molecule is CCOc1cc(/C=N/NC(=O)c2cccc(Cl)c2)ccc1OC(=O)/C=C/c1ccccc1. The number of hydrazone groups is 1. The number of carbonyl (C=O) groups excluding carboxylic acids is 2. The van der Waals surface area contributed by atoms with Gasteiger partial charge in [0, 0.05) is 16.7 Å². The topological polar surface area (TPSA) is 77.0 Å². The van der Waals surface area contributed by atoms with E-state index in [1.165, 1.54) is 12.3 Å². The lowest BCUT2D eigenvalue weighted by Gasteiger charge is -2.10. The van der Waals surface area contributed by atoms with Gasteiger partial charge < -0.3 is 9.47 Å². The van der Waals surface area contributed by atoms with E-state index in [0.29, 0.717) is 28.5 Å². The Morgan fingerprint density at radius 3 is 2.53 bits per heavy atom. The van der Waals surface area contributed by atoms with Gasteiger partial charge in [0.2, 0.25) is 0 Å². The van der Waals surface area contributed by atoms with Gasteiger partial charge in [0.1, 0.15) is 0 Å². The molecule has 0 aromatic heterocycles. The van der Waals surface area contributed by atoms with Crippen molar-refractivity contribution in [2.24, 2.45) is 5.10 Å². The molecule has 1 amide bonds. The molecule has 0 atom stereocenters. The lowest BCUT2D eigenvalue weighted by molar-refractivity contribution is -0.129. The molecule has 1 N–H and O–H groups in total. The second-order valence-corrected chi connectivity index (χ2v) is 6.95. The van der Waals surface area contributed by atoms with Crippen LogP contribution >= 0.6 is 11.6 Å². The van der Waals surface area contributed by atoms with Gasteiger partial charge in [-0.05, 0) is 60.5 Å². The quantitative estimate of drug-likeness (QED) is 0.170. The second kappa shape index (κ2) is 11.5. The van der Waals surface area contributed by atoms with Crippen LogP contribution in [-0.4, -0.2) is 24.7 Å². The fourth-order valence-corrected chi connectivity index (χ4v) is 2.88. The normalized spacial score (nSPS) is 10.9. The summed E-state index contributed by atoms with van der Waals surface area (Å²) < 4.78 is 11.0. The lowest BCUT2D eigenvalue weighted by atomic mass is 10.2. The lowest BCUT2D eigenvalue weighted by Crippen LogP contribution is -2.17. The molecule has 0 aliphatic carbocycles.